The monoisotopic (exact) mass is 362 g/mol. The Morgan fingerprint density at radius 2 is 2.12 bits per heavy atom. The number of carbonyl (C=O) groups is 2. The van der Waals surface area contributed by atoms with Gasteiger partial charge in [-0.1, -0.05) is 17.7 Å². The third-order valence-electron chi connectivity index (χ3n) is 4.05. The molecule has 2 aromatic carbocycles. The van der Waals surface area contributed by atoms with Crippen molar-refractivity contribution in [3.8, 4) is 5.75 Å². The van der Waals surface area contributed by atoms with Crippen LogP contribution in [0.3, 0.4) is 0 Å². The molecule has 130 valence electrons. The van der Waals surface area contributed by atoms with Crippen molar-refractivity contribution in [2.45, 2.75) is 6.42 Å². The number of methoxy groups -OCH3 is 1. The highest BCUT2D eigenvalue weighted by Gasteiger charge is 2.35. The zero-order valence-electron chi connectivity index (χ0n) is 13.5. The summed E-state index contributed by atoms with van der Waals surface area (Å²) in [6.07, 6.45) is 0.109. The number of benzene rings is 2. The van der Waals surface area contributed by atoms with Crippen LogP contribution in [-0.4, -0.2) is 25.5 Å². The van der Waals surface area contributed by atoms with E-state index in [2.05, 4.69) is 5.32 Å². The van der Waals surface area contributed by atoms with Gasteiger partial charge >= 0.3 is 0 Å². The number of anilines is 2. The summed E-state index contributed by atoms with van der Waals surface area (Å²) in [4.78, 5) is 26.2. The van der Waals surface area contributed by atoms with Gasteiger partial charge in [0.1, 0.15) is 11.6 Å². The van der Waals surface area contributed by atoms with E-state index in [9.17, 15) is 14.0 Å². The number of nitrogens with zero attached hydrogens (tertiary/aromatic N) is 1. The van der Waals surface area contributed by atoms with Gasteiger partial charge in [0.2, 0.25) is 11.8 Å². The average molecular weight is 363 g/mol. The summed E-state index contributed by atoms with van der Waals surface area (Å²) in [6.45, 7) is 0.271. The Balaban J connectivity index is 1.70. The van der Waals surface area contributed by atoms with Crippen LogP contribution in [0.1, 0.15) is 6.42 Å². The molecule has 3 rings (SSSR count). The average Bonchev–Trinajstić information content (AvgIpc) is 3.00. The molecule has 25 heavy (non-hydrogen) atoms. The van der Waals surface area contributed by atoms with Crippen LogP contribution in [0.25, 0.3) is 0 Å². The Labute approximate surface area is 149 Å². The molecule has 0 radical (unpaired) electrons. The number of hydrogen-bond acceptors (Lipinski definition) is 3. The fourth-order valence-electron chi connectivity index (χ4n) is 2.73. The van der Waals surface area contributed by atoms with E-state index >= 15 is 0 Å². The number of nitrogens with one attached hydrogen (secondary N) is 1. The maximum Gasteiger partial charge on any atom is 0.229 e. The van der Waals surface area contributed by atoms with Crippen molar-refractivity contribution in [1.82, 2.24) is 0 Å². The smallest absolute Gasteiger partial charge is 0.229 e. The lowest BCUT2D eigenvalue weighted by Gasteiger charge is -2.17. The molecule has 0 saturated carbocycles. The van der Waals surface area contributed by atoms with Crippen LogP contribution in [0.5, 0.6) is 5.75 Å². The van der Waals surface area contributed by atoms with Gasteiger partial charge in [0.25, 0.3) is 0 Å². The molecule has 1 aliphatic rings. The minimum absolute atomic E-state index is 0.0710. The first-order chi connectivity index (χ1) is 12.0. The second-order valence-corrected chi connectivity index (χ2v) is 6.13. The third-order valence-corrected chi connectivity index (χ3v) is 4.34. The van der Waals surface area contributed by atoms with E-state index in [1.54, 1.807) is 36.3 Å². The van der Waals surface area contributed by atoms with Gasteiger partial charge in [-0.25, -0.2) is 4.39 Å². The van der Waals surface area contributed by atoms with Crippen molar-refractivity contribution < 1.29 is 18.7 Å². The number of hydrogen-bond donors (Lipinski definition) is 1. The molecule has 1 atom stereocenters. The van der Waals surface area contributed by atoms with Gasteiger partial charge in [0.15, 0.2) is 0 Å². The van der Waals surface area contributed by atoms with Gasteiger partial charge in [-0.3, -0.25) is 9.59 Å². The largest absolute Gasteiger partial charge is 0.497 e. The Morgan fingerprint density at radius 1 is 1.32 bits per heavy atom. The number of halogens is 2. The minimum Gasteiger partial charge on any atom is -0.497 e. The normalized spacial score (nSPS) is 16.8. The van der Waals surface area contributed by atoms with E-state index in [-0.39, 0.29) is 29.8 Å². The summed E-state index contributed by atoms with van der Waals surface area (Å²) < 4.78 is 18.3. The van der Waals surface area contributed by atoms with Gasteiger partial charge in [-0.2, -0.15) is 0 Å². The summed E-state index contributed by atoms with van der Waals surface area (Å²) in [5.41, 5.74) is 1.08. The Kier molecular flexibility index (Phi) is 4.90. The molecule has 0 spiro atoms. The lowest BCUT2D eigenvalue weighted by Crippen LogP contribution is -2.28. The molecule has 0 aliphatic carbocycles. The zero-order chi connectivity index (χ0) is 18.0. The van der Waals surface area contributed by atoms with Crippen molar-refractivity contribution in [2.75, 3.05) is 23.9 Å². The number of amides is 2. The van der Waals surface area contributed by atoms with E-state index < -0.39 is 11.7 Å². The maximum atomic E-state index is 13.2. The van der Waals surface area contributed by atoms with Crippen molar-refractivity contribution >= 4 is 34.8 Å². The van der Waals surface area contributed by atoms with Gasteiger partial charge in [0, 0.05) is 30.4 Å². The first-order valence-corrected chi connectivity index (χ1v) is 8.06. The van der Waals surface area contributed by atoms with Crippen LogP contribution in [0.4, 0.5) is 15.8 Å². The predicted octanol–water partition coefficient (Wildman–Crippen LogP) is 3.48. The first kappa shape index (κ1) is 17.2. The van der Waals surface area contributed by atoms with Gasteiger partial charge in [-0.05, 0) is 30.3 Å². The van der Waals surface area contributed by atoms with Crippen LogP contribution < -0.4 is 15.0 Å². The number of carbonyl (C=O) groups excluding carboxylic acids is 2. The van der Waals surface area contributed by atoms with Crippen LogP contribution in [0.15, 0.2) is 42.5 Å². The molecular weight excluding hydrogens is 347 g/mol. The standard InChI is InChI=1S/C18H16ClFN2O3/c1-25-14-4-2-3-13(9-14)22-10-11(7-17(22)23)18(24)21-12-5-6-16(20)15(19)8-12/h2-6,8-9,11H,7,10H2,1H3,(H,21,24). The fourth-order valence-corrected chi connectivity index (χ4v) is 2.91. The Morgan fingerprint density at radius 3 is 2.84 bits per heavy atom. The third kappa shape index (κ3) is 3.74. The summed E-state index contributed by atoms with van der Waals surface area (Å²) in [7, 11) is 1.55. The topological polar surface area (TPSA) is 58.6 Å². The molecule has 1 saturated heterocycles. The number of rotatable bonds is 4. The van der Waals surface area contributed by atoms with Gasteiger partial charge < -0.3 is 15.0 Å². The van der Waals surface area contributed by atoms with Gasteiger partial charge in [0.05, 0.1) is 18.1 Å². The zero-order valence-corrected chi connectivity index (χ0v) is 14.2. The molecular formula is C18H16ClFN2O3. The lowest BCUT2D eigenvalue weighted by molar-refractivity contribution is -0.122. The molecule has 1 aliphatic heterocycles. The molecule has 0 bridgehead atoms. The second-order valence-electron chi connectivity index (χ2n) is 5.73. The van der Waals surface area contributed by atoms with E-state index in [1.165, 1.54) is 18.2 Å². The number of ether oxygens (including phenoxy) is 1. The van der Waals surface area contributed by atoms with Crippen LogP contribution in [0.2, 0.25) is 5.02 Å². The van der Waals surface area contributed by atoms with Crippen LogP contribution in [-0.2, 0) is 9.59 Å². The Hall–Kier alpha value is -2.60. The van der Waals surface area contributed by atoms with Crippen molar-refractivity contribution in [2.24, 2.45) is 5.92 Å². The molecule has 2 aromatic rings. The molecule has 2 amide bonds. The highest BCUT2D eigenvalue weighted by Crippen LogP contribution is 2.29. The van der Waals surface area contributed by atoms with E-state index in [0.717, 1.165) is 0 Å². The lowest BCUT2D eigenvalue weighted by atomic mass is 10.1. The maximum absolute atomic E-state index is 13.2. The highest BCUT2D eigenvalue weighted by atomic mass is 35.5. The quantitative estimate of drug-likeness (QED) is 0.905. The summed E-state index contributed by atoms with van der Waals surface area (Å²) >= 11 is 5.71. The first-order valence-electron chi connectivity index (χ1n) is 7.68. The van der Waals surface area contributed by atoms with E-state index in [0.29, 0.717) is 17.1 Å². The molecule has 1 heterocycles. The predicted molar refractivity (Wildman–Crippen MR) is 93.5 cm³/mol. The van der Waals surface area contributed by atoms with E-state index in [4.69, 9.17) is 16.3 Å². The van der Waals surface area contributed by atoms with Gasteiger partial charge in [-0.15, -0.1) is 0 Å². The summed E-state index contributed by atoms with van der Waals surface area (Å²) in [5, 5.41) is 2.60. The van der Waals surface area contributed by atoms with E-state index in [1.807, 2.05) is 0 Å². The van der Waals surface area contributed by atoms with Crippen molar-refractivity contribution in [3.63, 3.8) is 0 Å². The van der Waals surface area contributed by atoms with Crippen LogP contribution >= 0.6 is 11.6 Å². The molecule has 1 N–H and O–H groups in total. The molecule has 0 aromatic heterocycles. The van der Waals surface area contributed by atoms with Crippen LogP contribution in [0, 0.1) is 11.7 Å². The molecule has 7 heteroatoms. The Bertz CT molecular complexity index is 828. The second kappa shape index (κ2) is 7.11. The fraction of sp³-hybridized carbons (Fsp3) is 0.222. The summed E-state index contributed by atoms with van der Waals surface area (Å²) in [6, 6.07) is 11.1. The molecule has 1 unspecified atom stereocenters. The molecule has 5 nitrogen and oxygen atoms in total. The van der Waals surface area contributed by atoms with Crippen molar-refractivity contribution in [3.05, 3.63) is 53.3 Å². The molecule has 1 fully saturated rings. The van der Waals surface area contributed by atoms with Crippen molar-refractivity contribution in [1.29, 1.82) is 0 Å². The minimum atomic E-state index is -0.556. The highest BCUT2D eigenvalue weighted by molar-refractivity contribution is 6.31. The summed E-state index contributed by atoms with van der Waals surface area (Å²) in [5.74, 6) is -0.853. The SMILES string of the molecule is COc1cccc(N2CC(C(=O)Nc3ccc(F)c(Cl)c3)CC2=O)c1.